The van der Waals surface area contributed by atoms with E-state index < -0.39 is 17.0 Å². The van der Waals surface area contributed by atoms with Crippen LogP contribution in [0.25, 0.3) is 5.69 Å². The lowest BCUT2D eigenvalue weighted by atomic mass is 9.99. The summed E-state index contributed by atoms with van der Waals surface area (Å²) in [5.74, 6) is 1.05. The zero-order valence-electron chi connectivity index (χ0n) is 20.7. The molecule has 2 atom stereocenters. The summed E-state index contributed by atoms with van der Waals surface area (Å²) in [4.78, 5) is 50.5. The van der Waals surface area contributed by atoms with Crippen LogP contribution < -0.4 is 11.4 Å². The molecule has 1 aromatic heterocycles. The first-order valence-electron chi connectivity index (χ1n) is 12.9. The molecule has 4 heterocycles. The first-order chi connectivity index (χ1) is 18.0. The third-order valence-electron chi connectivity index (χ3n) is 7.83. The number of benzene rings is 2. The molecule has 188 valence electrons. The number of carbonyl (C=O) groups excluding carboxylic acids is 1. The van der Waals surface area contributed by atoms with Gasteiger partial charge in [-0.1, -0.05) is 54.1 Å². The number of rotatable bonds is 4. The number of aliphatic imine (C=N–C) groups is 1. The highest BCUT2D eigenvalue weighted by Crippen LogP contribution is 2.42. The molecular weight excluding hydrogens is 468 g/mol. The number of para-hydroxylation sites is 1. The van der Waals surface area contributed by atoms with Crippen molar-refractivity contribution >= 4 is 11.9 Å². The molecule has 1 aliphatic carbocycles. The van der Waals surface area contributed by atoms with Gasteiger partial charge in [-0.25, -0.2) is 23.8 Å². The number of aromatic nitrogens is 3. The van der Waals surface area contributed by atoms with Crippen LogP contribution in [0.4, 0.5) is 0 Å². The van der Waals surface area contributed by atoms with Gasteiger partial charge in [0.05, 0.1) is 31.2 Å². The van der Waals surface area contributed by atoms with Crippen molar-refractivity contribution in [3.05, 3.63) is 98.8 Å². The van der Waals surface area contributed by atoms with Crippen LogP contribution in [0.15, 0.2) is 86.9 Å². The van der Waals surface area contributed by atoms with Gasteiger partial charge in [0.2, 0.25) is 11.9 Å². The smallest absolute Gasteiger partial charge is 0.337 e. The molecule has 9 heteroatoms. The van der Waals surface area contributed by atoms with E-state index in [0.29, 0.717) is 30.7 Å². The second kappa shape index (κ2) is 7.93. The second-order valence-electron chi connectivity index (χ2n) is 10.6. The largest absolute Gasteiger partial charge is 0.354 e. The lowest BCUT2D eigenvalue weighted by molar-refractivity contribution is -0.133. The van der Waals surface area contributed by atoms with Crippen LogP contribution in [0.1, 0.15) is 37.8 Å². The molecule has 4 aliphatic rings. The molecule has 2 aromatic carbocycles. The Balaban J connectivity index is 1.43. The van der Waals surface area contributed by atoms with Crippen molar-refractivity contribution in [2.24, 2.45) is 10.9 Å². The average Bonchev–Trinajstić information content (AvgIpc) is 3.62. The zero-order chi connectivity index (χ0) is 25.3. The van der Waals surface area contributed by atoms with Gasteiger partial charge in [-0.3, -0.25) is 9.69 Å². The van der Waals surface area contributed by atoms with E-state index in [1.54, 1.807) is 29.2 Å². The number of hydrogen-bond acceptors (Lipinski definition) is 5. The fourth-order valence-corrected chi connectivity index (χ4v) is 6.07. The normalized spacial score (nSPS) is 24.7. The summed E-state index contributed by atoms with van der Waals surface area (Å²) in [5, 5.41) is 0. The first-order valence-corrected chi connectivity index (χ1v) is 12.9. The Morgan fingerprint density at radius 1 is 0.946 bits per heavy atom. The summed E-state index contributed by atoms with van der Waals surface area (Å²) in [6, 6.07) is 18.6. The highest BCUT2D eigenvalue weighted by atomic mass is 16.2. The van der Waals surface area contributed by atoms with E-state index in [-0.39, 0.29) is 18.4 Å². The number of nitrogens with zero attached hydrogens (tertiary/aromatic N) is 6. The summed E-state index contributed by atoms with van der Waals surface area (Å²) in [7, 11) is 0. The number of guanidine groups is 1. The van der Waals surface area contributed by atoms with Crippen LogP contribution in [0.3, 0.4) is 0 Å². The summed E-state index contributed by atoms with van der Waals surface area (Å²) >= 11 is 0. The Hall–Kier alpha value is -4.14. The molecule has 37 heavy (non-hydrogen) atoms. The molecule has 7 rings (SSSR count). The first kappa shape index (κ1) is 22.1. The topological polar surface area (TPSA) is 84.8 Å². The van der Waals surface area contributed by atoms with Crippen molar-refractivity contribution in [2.75, 3.05) is 13.1 Å². The van der Waals surface area contributed by atoms with E-state index in [1.807, 2.05) is 49.4 Å². The summed E-state index contributed by atoms with van der Waals surface area (Å²) in [6.07, 6.45) is 4.50. The van der Waals surface area contributed by atoms with Gasteiger partial charge in [0, 0.05) is 6.54 Å². The third kappa shape index (κ3) is 3.29. The molecule has 0 unspecified atom stereocenters. The highest BCUT2D eigenvalue weighted by Gasteiger charge is 2.57. The number of amides is 1. The van der Waals surface area contributed by atoms with Gasteiger partial charge >= 0.3 is 11.4 Å². The Morgan fingerprint density at radius 3 is 2.35 bits per heavy atom. The molecule has 1 amide bonds. The van der Waals surface area contributed by atoms with Gasteiger partial charge in [0.25, 0.3) is 0 Å². The Kier molecular flexibility index (Phi) is 4.73. The maximum absolute atomic E-state index is 14.0. The molecule has 0 N–H and O–H groups in total. The van der Waals surface area contributed by atoms with E-state index >= 15 is 0 Å². The fourth-order valence-electron chi connectivity index (χ4n) is 6.07. The Morgan fingerprint density at radius 2 is 1.65 bits per heavy atom. The molecule has 0 bridgehead atoms. The van der Waals surface area contributed by atoms with E-state index in [2.05, 4.69) is 4.90 Å². The SMILES string of the molecule is CC1=C[C@]2(CN(CC3CC3)C3=N[C@H](c4ccccc4)CC(=O)N32)n2c(=O)n(-c3ccccc3)c(=O)n2C1. The predicted molar refractivity (Wildman–Crippen MR) is 138 cm³/mol. The molecule has 9 nitrogen and oxygen atoms in total. The van der Waals surface area contributed by atoms with Crippen LogP contribution in [-0.4, -0.2) is 48.7 Å². The van der Waals surface area contributed by atoms with E-state index in [1.165, 1.54) is 13.9 Å². The molecule has 0 radical (unpaired) electrons. The quantitative estimate of drug-likeness (QED) is 0.520. The van der Waals surface area contributed by atoms with Crippen LogP contribution in [0.5, 0.6) is 0 Å². The van der Waals surface area contributed by atoms with Crippen molar-refractivity contribution in [1.29, 1.82) is 0 Å². The summed E-state index contributed by atoms with van der Waals surface area (Å²) in [5.41, 5.74) is 0.424. The fraction of sp³-hybridized carbons (Fsp3) is 0.357. The van der Waals surface area contributed by atoms with Gasteiger partial charge in [-0.2, -0.15) is 4.68 Å². The minimum atomic E-state index is -1.15. The Bertz CT molecular complexity index is 1580. The van der Waals surface area contributed by atoms with Crippen molar-refractivity contribution in [2.45, 2.75) is 44.4 Å². The van der Waals surface area contributed by atoms with E-state index in [0.717, 1.165) is 30.5 Å². The Labute approximate surface area is 213 Å². The second-order valence-corrected chi connectivity index (χ2v) is 10.6. The van der Waals surface area contributed by atoms with Gasteiger partial charge in [-0.15, -0.1) is 0 Å². The highest BCUT2D eigenvalue weighted by molar-refractivity contribution is 6.02. The van der Waals surface area contributed by atoms with Gasteiger partial charge < -0.3 is 4.90 Å². The van der Waals surface area contributed by atoms with Crippen molar-refractivity contribution in [3.63, 3.8) is 0 Å². The third-order valence-corrected chi connectivity index (χ3v) is 7.83. The molecule has 1 spiro atoms. The summed E-state index contributed by atoms with van der Waals surface area (Å²) in [6.45, 7) is 3.39. The zero-order valence-corrected chi connectivity index (χ0v) is 20.7. The molecule has 3 aliphatic heterocycles. The van der Waals surface area contributed by atoms with Crippen LogP contribution in [-0.2, 0) is 17.0 Å². The molecule has 3 aromatic rings. The predicted octanol–water partition coefficient (Wildman–Crippen LogP) is 2.47. The molecule has 1 saturated carbocycles. The van der Waals surface area contributed by atoms with E-state index in [9.17, 15) is 14.4 Å². The number of allylic oxidation sites excluding steroid dienone is 1. The van der Waals surface area contributed by atoms with Gasteiger partial charge in [0.1, 0.15) is 0 Å². The number of hydrogen-bond donors (Lipinski definition) is 0. The van der Waals surface area contributed by atoms with Gasteiger partial charge in [-0.05, 0) is 49.5 Å². The van der Waals surface area contributed by atoms with E-state index in [4.69, 9.17) is 4.99 Å². The summed E-state index contributed by atoms with van der Waals surface area (Å²) < 4.78 is 4.19. The molecule has 1 saturated heterocycles. The van der Waals surface area contributed by atoms with Crippen LogP contribution in [0, 0.1) is 5.92 Å². The monoisotopic (exact) mass is 496 g/mol. The average molecular weight is 497 g/mol. The van der Waals surface area contributed by atoms with Crippen LogP contribution >= 0.6 is 0 Å². The number of fused-ring (bicyclic) bond motifs is 4. The van der Waals surface area contributed by atoms with Gasteiger partial charge in [0.15, 0.2) is 5.66 Å². The van der Waals surface area contributed by atoms with Crippen molar-refractivity contribution < 1.29 is 4.79 Å². The minimum Gasteiger partial charge on any atom is -0.337 e. The van der Waals surface area contributed by atoms with Crippen molar-refractivity contribution in [1.82, 2.24) is 23.7 Å². The molecular formula is C28H28N6O3. The lowest BCUT2D eigenvalue weighted by Gasteiger charge is -2.40. The maximum Gasteiger partial charge on any atom is 0.354 e. The van der Waals surface area contributed by atoms with Crippen LogP contribution in [0.2, 0.25) is 0 Å². The molecule has 2 fully saturated rings. The number of carbonyl (C=O) groups is 1. The maximum atomic E-state index is 14.0. The minimum absolute atomic E-state index is 0.0959. The lowest BCUT2D eigenvalue weighted by Crippen LogP contribution is -2.59. The van der Waals surface area contributed by atoms with Crippen molar-refractivity contribution in [3.8, 4) is 5.69 Å². The standard InChI is InChI=1S/C28H28N6O3/c1-19-15-28(34-27(37)32(26(36)31(34)16-19)22-10-6-3-7-11-22)18-30(17-20-12-13-20)25-29-23(14-24(35)33(25)28)21-8-4-2-5-9-21/h2-11,15,20,23H,12-14,16-18H2,1H3/t23-,28+/m0/s1.